The zero-order valence-corrected chi connectivity index (χ0v) is 14.0. The second-order valence-corrected chi connectivity index (χ2v) is 7.35. The fraction of sp³-hybridized carbons (Fsp3) is 0.765. The molecule has 3 rings (SSSR count). The number of likely N-dealkylation sites (tertiary alicyclic amines) is 2. The number of nitrogens with one attached hydrogen (secondary N) is 1. The summed E-state index contributed by atoms with van der Waals surface area (Å²) < 4.78 is 0. The number of carbonyl (C=O) groups excluding carboxylic acids is 1. The van der Waals surface area contributed by atoms with Crippen molar-refractivity contribution in [2.24, 2.45) is 0 Å². The summed E-state index contributed by atoms with van der Waals surface area (Å²) in [7, 11) is 0. The number of carbonyl (C=O) groups is 1. The number of amides is 1. The Hall–Kier alpha value is -1.36. The average molecular weight is 304 g/mol. The van der Waals surface area contributed by atoms with Crippen LogP contribution >= 0.6 is 0 Å². The number of hydrogen-bond acceptors (Lipinski definition) is 3. The molecule has 1 N–H and O–H groups in total. The Bertz CT molecular complexity index is 503. The van der Waals surface area contributed by atoms with Gasteiger partial charge in [0.15, 0.2) is 0 Å². The maximum atomic E-state index is 12.9. The number of piperidine rings is 1. The van der Waals surface area contributed by atoms with Crippen molar-refractivity contribution in [1.29, 1.82) is 0 Å². The Morgan fingerprint density at radius 3 is 2.68 bits per heavy atom. The molecule has 0 aromatic carbocycles. The Morgan fingerprint density at radius 1 is 1.36 bits per heavy atom. The lowest BCUT2D eigenvalue weighted by atomic mass is 9.77. The number of aromatic amines is 1. The number of rotatable bonds is 3. The van der Waals surface area contributed by atoms with Gasteiger partial charge in [0.05, 0.1) is 6.04 Å². The summed E-state index contributed by atoms with van der Waals surface area (Å²) in [5, 5.41) is 7.18. The first-order valence-corrected chi connectivity index (χ1v) is 8.56. The molecule has 0 spiro atoms. The highest BCUT2D eigenvalue weighted by Crippen LogP contribution is 2.34. The van der Waals surface area contributed by atoms with Crippen molar-refractivity contribution in [2.45, 2.75) is 64.0 Å². The van der Waals surface area contributed by atoms with Crippen LogP contribution in [0, 0.1) is 0 Å². The van der Waals surface area contributed by atoms with Gasteiger partial charge in [0, 0.05) is 36.4 Å². The van der Waals surface area contributed by atoms with Crippen LogP contribution in [0.5, 0.6) is 0 Å². The van der Waals surface area contributed by atoms with E-state index in [4.69, 9.17) is 0 Å². The molecule has 22 heavy (non-hydrogen) atoms. The average Bonchev–Trinajstić information content (AvgIpc) is 3.19. The first kappa shape index (κ1) is 15.5. The molecule has 0 aliphatic carbocycles. The van der Waals surface area contributed by atoms with Crippen molar-refractivity contribution >= 4 is 5.91 Å². The molecule has 2 fully saturated rings. The molecule has 122 valence electrons. The first-order chi connectivity index (χ1) is 10.5. The highest BCUT2D eigenvalue weighted by Gasteiger charge is 2.39. The largest absolute Gasteiger partial charge is 0.341 e. The van der Waals surface area contributed by atoms with Gasteiger partial charge in [-0.2, -0.15) is 5.10 Å². The van der Waals surface area contributed by atoms with Crippen molar-refractivity contribution < 1.29 is 4.79 Å². The Balaban J connectivity index is 1.63. The molecule has 1 amide bonds. The Morgan fingerprint density at radius 2 is 2.09 bits per heavy atom. The molecule has 2 aliphatic rings. The van der Waals surface area contributed by atoms with Crippen LogP contribution in [0.3, 0.4) is 0 Å². The second-order valence-electron chi connectivity index (χ2n) is 7.35. The predicted octanol–water partition coefficient (Wildman–Crippen LogP) is 2.16. The van der Waals surface area contributed by atoms with Gasteiger partial charge in [-0.25, -0.2) is 0 Å². The molecule has 1 aromatic rings. The van der Waals surface area contributed by atoms with Crippen molar-refractivity contribution in [3.8, 4) is 0 Å². The summed E-state index contributed by atoms with van der Waals surface area (Å²) in [5.41, 5.74) is 1.32. The van der Waals surface area contributed by atoms with Gasteiger partial charge >= 0.3 is 0 Å². The van der Waals surface area contributed by atoms with E-state index < -0.39 is 0 Å². The van der Waals surface area contributed by atoms with E-state index in [1.54, 1.807) is 0 Å². The molecule has 3 heterocycles. The van der Waals surface area contributed by atoms with Gasteiger partial charge in [-0.1, -0.05) is 6.92 Å². The maximum Gasteiger partial charge on any atom is 0.239 e. The van der Waals surface area contributed by atoms with E-state index in [1.807, 2.05) is 6.20 Å². The highest BCUT2D eigenvalue weighted by atomic mass is 16.2. The van der Waals surface area contributed by atoms with Gasteiger partial charge < -0.3 is 4.90 Å². The van der Waals surface area contributed by atoms with Crippen molar-refractivity contribution in [3.63, 3.8) is 0 Å². The van der Waals surface area contributed by atoms with E-state index in [0.717, 1.165) is 45.3 Å². The van der Waals surface area contributed by atoms with Gasteiger partial charge in [-0.3, -0.25) is 14.8 Å². The summed E-state index contributed by atoms with van der Waals surface area (Å²) in [5.74, 6) is 0.345. The monoisotopic (exact) mass is 304 g/mol. The molecule has 5 nitrogen and oxygen atoms in total. The zero-order chi connectivity index (χ0) is 15.7. The van der Waals surface area contributed by atoms with Crippen LogP contribution in [-0.2, 0) is 10.2 Å². The minimum absolute atomic E-state index is 0.108. The molecule has 0 saturated carbocycles. The van der Waals surface area contributed by atoms with Gasteiger partial charge in [0.2, 0.25) is 5.91 Å². The van der Waals surface area contributed by atoms with Gasteiger partial charge in [0.25, 0.3) is 0 Å². The summed E-state index contributed by atoms with van der Waals surface area (Å²) in [4.78, 5) is 17.3. The third-order valence-corrected chi connectivity index (χ3v) is 5.57. The van der Waals surface area contributed by atoms with Crippen molar-refractivity contribution in [1.82, 2.24) is 20.0 Å². The minimum Gasteiger partial charge on any atom is -0.341 e. The maximum absolute atomic E-state index is 12.9. The van der Waals surface area contributed by atoms with Gasteiger partial charge in [0.1, 0.15) is 0 Å². The number of hydrogen-bond donors (Lipinski definition) is 1. The summed E-state index contributed by atoms with van der Waals surface area (Å²) in [6.45, 7) is 9.44. The van der Waals surface area contributed by atoms with Crippen LogP contribution < -0.4 is 0 Å². The molecule has 2 saturated heterocycles. The fourth-order valence-electron chi connectivity index (χ4n) is 3.97. The van der Waals surface area contributed by atoms with Crippen LogP contribution in [0.1, 0.15) is 52.1 Å². The molecule has 5 heteroatoms. The lowest BCUT2D eigenvalue weighted by molar-refractivity contribution is -0.138. The molecule has 0 bridgehead atoms. The summed E-state index contributed by atoms with van der Waals surface area (Å²) in [6.07, 6.45) is 6.00. The number of nitrogens with zero attached hydrogens (tertiary/aromatic N) is 3. The third-order valence-electron chi connectivity index (χ3n) is 5.57. The smallest absolute Gasteiger partial charge is 0.239 e. The molecule has 0 radical (unpaired) electrons. The van der Waals surface area contributed by atoms with E-state index in [0.29, 0.717) is 11.9 Å². The normalized spacial score (nSPS) is 25.8. The minimum atomic E-state index is 0.108. The fourth-order valence-corrected chi connectivity index (χ4v) is 3.97. The molecule has 2 aliphatic heterocycles. The standard InChI is InChI=1S/C17H28N4O/c1-13(2)21-10-4-5-14(21)16(22)20-11-7-17(3,8-12-20)15-6-9-18-19-15/h6,9,13-14H,4-5,7-8,10-12H2,1-3H3,(H,18,19)/t14-/m1/s1. The van der Waals surface area contributed by atoms with Crippen LogP contribution in [0.4, 0.5) is 0 Å². The van der Waals surface area contributed by atoms with Gasteiger partial charge in [-0.15, -0.1) is 0 Å². The topological polar surface area (TPSA) is 52.2 Å². The van der Waals surface area contributed by atoms with Crippen LogP contribution in [0.15, 0.2) is 12.3 Å². The molecule has 0 unspecified atom stereocenters. The first-order valence-electron chi connectivity index (χ1n) is 8.56. The quantitative estimate of drug-likeness (QED) is 0.931. The summed E-state index contributed by atoms with van der Waals surface area (Å²) in [6, 6.07) is 2.63. The molecule has 1 atom stereocenters. The predicted molar refractivity (Wildman–Crippen MR) is 86.6 cm³/mol. The van der Waals surface area contributed by atoms with Gasteiger partial charge in [-0.05, 0) is 52.1 Å². The van der Waals surface area contributed by atoms with E-state index in [1.165, 1.54) is 5.69 Å². The summed E-state index contributed by atoms with van der Waals surface area (Å²) >= 11 is 0. The van der Waals surface area contributed by atoms with Crippen molar-refractivity contribution in [2.75, 3.05) is 19.6 Å². The number of aromatic nitrogens is 2. The number of H-pyrrole nitrogens is 1. The molecule has 1 aromatic heterocycles. The SMILES string of the molecule is CC(C)N1CCC[C@@H]1C(=O)N1CCC(C)(c2ccn[nH]2)CC1. The van der Waals surface area contributed by atoms with E-state index in [9.17, 15) is 4.79 Å². The third kappa shape index (κ3) is 2.78. The molecular formula is C17H28N4O. The van der Waals surface area contributed by atoms with Crippen molar-refractivity contribution in [3.05, 3.63) is 18.0 Å². The lowest BCUT2D eigenvalue weighted by Crippen LogP contribution is -2.51. The zero-order valence-electron chi connectivity index (χ0n) is 14.0. The highest BCUT2D eigenvalue weighted by molar-refractivity contribution is 5.82. The van der Waals surface area contributed by atoms with E-state index in [-0.39, 0.29) is 11.5 Å². The molecular weight excluding hydrogens is 276 g/mol. The van der Waals surface area contributed by atoms with Crippen LogP contribution in [-0.4, -0.2) is 57.6 Å². The lowest BCUT2D eigenvalue weighted by Gasteiger charge is -2.41. The Kier molecular flexibility index (Phi) is 4.26. The van der Waals surface area contributed by atoms with Crippen LogP contribution in [0.2, 0.25) is 0 Å². The van der Waals surface area contributed by atoms with E-state index in [2.05, 4.69) is 46.8 Å². The van der Waals surface area contributed by atoms with E-state index >= 15 is 0 Å². The second kappa shape index (κ2) is 6.03. The Labute approximate surface area is 133 Å². The van der Waals surface area contributed by atoms with Crippen LogP contribution in [0.25, 0.3) is 0 Å².